The van der Waals surface area contributed by atoms with Crippen LogP contribution >= 0.6 is 0 Å². The lowest BCUT2D eigenvalue weighted by Crippen LogP contribution is -1.89. The lowest BCUT2D eigenvalue weighted by Gasteiger charge is -2.08. The van der Waals surface area contributed by atoms with Crippen molar-refractivity contribution in [1.29, 1.82) is 0 Å². The maximum atomic E-state index is 2.29. The van der Waals surface area contributed by atoms with Gasteiger partial charge in [-0.15, -0.1) is 0 Å². The van der Waals surface area contributed by atoms with Crippen LogP contribution in [-0.4, -0.2) is 0 Å². The minimum atomic E-state index is 1.11. The number of hydrogen-bond donors (Lipinski definition) is 0. The first-order chi connectivity index (χ1) is 7.68. The number of aryl methyl sites for hydroxylation is 2. The first-order valence-electron chi connectivity index (χ1n) is 5.86. The van der Waals surface area contributed by atoms with E-state index < -0.39 is 0 Å². The zero-order valence-electron chi connectivity index (χ0n) is 10.1. The van der Waals surface area contributed by atoms with Crippen LogP contribution in [0.4, 0.5) is 0 Å². The number of fused-ring (bicyclic) bond motifs is 3. The van der Waals surface area contributed by atoms with Crippen LogP contribution in [0, 0.1) is 20.8 Å². The van der Waals surface area contributed by atoms with Gasteiger partial charge in [0.2, 0.25) is 0 Å². The molecule has 1 aliphatic carbocycles. The SMILES string of the molecule is Cc1ccc2c(c1C)Cc1cccc(C)c1-2. The zero-order chi connectivity index (χ0) is 11.3. The van der Waals surface area contributed by atoms with E-state index in [1.54, 1.807) is 0 Å². The molecule has 0 amide bonds. The van der Waals surface area contributed by atoms with Gasteiger partial charge >= 0.3 is 0 Å². The molecule has 0 saturated heterocycles. The van der Waals surface area contributed by atoms with Gasteiger partial charge in [0.05, 0.1) is 0 Å². The van der Waals surface area contributed by atoms with Gasteiger partial charge in [-0.2, -0.15) is 0 Å². The summed E-state index contributed by atoms with van der Waals surface area (Å²) in [7, 11) is 0. The van der Waals surface area contributed by atoms with E-state index in [1.807, 2.05) is 0 Å². The van der Waals surface area contributed by atoms with Crippen LogP contribution < -0.4 is 0 Å². The first-order valence-corrected chi connectivity index (χ1v) is 5.86. The molecule has 0 fully saturated rings. The highest BCUT2D eigenvalue weighted by atomic mass is 14.2. The molecular weight excluding hydrogens is 192 g/mol. The molecule has 0 aliphatic heterocycles. The van der Waals surface area contributed by atoms with Crippen molar-refractivity contribution in [2.45, 2.75) is 27.2 Å². The Labute approximate surface area is 96.9 Å². The third-order valence-corrected chi connectivity index (χ3v) is 3.86. The third-order valence-electron chi connectivity index (χ3n) is 3.86. The second-order valence-corrected chi connectivity index (χ2v) is 4.82. The van der Waals surface area contributed by atoms with Crippen LogP contribution in [0.1, 0.15) is 27.8 Å². The van der Waals surface area contributed by atoms with Crippen LogP contribution in [0.5, 0.6) is 0 Å². The topological polar surface area (TPSA) is 0 Å². The Hall–Kier alpha value is -1.56. The molecule has 0 spiro atoms. The Morgan fingerprint density at radius 1 is 0.875 bits per heavy atom. The average Bonchev–Trinajstić information content (AvgIpc) is 2.64. The molecule has 0 aromatic heterocycles. The second kappa shape index (κ2) is 3.21. The molecule has 0 bridgehead atoms. The van der Waals surface area contributed by atoms with Crippen LogP contribution in [0.15, 0.2) is 30.3 Å². The van der Waals surface area contributed by atoms with Crippen molar-refractivity contribution in [3.8, 4) is 11.1 Å². The zero-order valence-corrected chi connectivity index (χ0v) is 10.1. The fourth-order valence-corrected chi connectivity index (χ4v) is 2.79. The number of benzene rings is 2. The summed E-state index contributed by atoms with van der Waals surface area (Å²) in [4.78, 5) is 0. The third kappa shape index (κ3) is 1.16. The largest absolute Gasteiger partial charge is 0.0617 e. The van der Waals surface area contributed by atoms with Crippen molar-refractivity contribution in [3.63, 3.8) is 0 Å². The highest BCUT2D eigenvalue weighted by Crippen LogP contribution is 2.40. The summed E-state index contributed by atoms with van der Waals surface area (Å²) in [5.74, 6) is 0. The van der Waals surface area contributed by atoms with Gasteiger partial charge in [-0.3, -0.25) is 0 Å². The van der Waals surface area contributed by atoms with Crippen LogP contribution in [0.25, 0.3) is 11.1 Å². The highest BCUT2D eigenvalue weighted by molar-refractivity contribution is 5.80. The first kappa shape index (κ1) is 9.65. The molecule has 2 aromatic rings. The summed E-state index contributed by atoms with van der Waals surface area (Å²) in [6, 6.07) is 11.2. The Bertz CT molecular complexity index is 577. The predicted octanol–water partition coefficient (Wildman–Crippen LogP) is 4.18. The lowest BCUT2D eigenvalue weighted by atomic mass is 9.97. The molecule has 1 aliphatic rings. The van der Waals surface area contributed by atoms with Crippen LogP contribution in [0.3, 0.4) is 0 Å². The van der Waals surface area contributed by atoms with E-state index in [1.165, 1.54) is 38.9 Å². The Morgan fingerprint density at radius 2 is 1.69 bits per heavy atom. The predicted molar refractivity (Wildman–Crippen MR) is 68.9 cm³/mol. The highest BCUT2D eigenvalue weighted by Gasteiger charge is 2.21. The fourth-order valence-electron chi connectivity index (χ4n) is 2.79. The summed E-state index contributed by atoms with van der Waals surface area (Å²) in [5, 5.41) is 0. The second-order valence-electron chi connectivity index (χ2n) is 4.82. The van der Waals surface area contributed by atoms with Crippen molar-refractivity contribution < 1.29 is 0 Å². The van der Waals surface area contributed by atoms with Gasteiger partial charge in [0.25, 0.3) is 0 Å². The van der Waals surface area contributed by atoms with Crippen LogP contribution in [-0.2, 0) is 6.42 Å². The Balaban J connectivity index is 2.34. The molecule has 0 heteroatoms. The lowest BCUT2D eigenvalue weighted by molar-refractivity contribution is 1.19. The molecule has 0 saturated carbocycles. The van der Waals surface area contributed by atoms with Gasteiger partial charge in [0.1, 0.15) is 0 Å². The quantitative estimate of drug-likeness (QED) is 0.520. The number of rotatable bonds is 0. The molecule has 0 heterocycles. The van der Waals surface area contributed by atoms with E-state index in [4.69, 9.17) is 0 Å². The molecule has 0 atom stereocenters. The molecule has 80 valence electrons. The van der Waals surface area contributed by atoms with Gasteiger partial charge < -0.3 is 0 Å². The Kier molecular flexibility index (Phi) is 1.94. The maximum Gasteiger partial charge on any atom is -0.00106 e. The van der Waals surface area contributed by atoms with Gasteiger partial charge in [-0.05, 0) is 66.1 Å². The molecule has 0 N–H and O–H groups in total. The monoisotopic (exact) mass is 208 g/mol. The summed E-state index contributed by atoms with van der Waals surface area (Å²) in [6.45, 7) is 6.66. The fraction of sp³-hybridized carbons (Fsp3) is 0.250. The van der Waals surface area contributed by atoms with Gasteiger partial charge in [0.15, 0.2) is 0 Å². The van der Waals surface area contributed by atoms with Crippen LogP contribution in [0.2, 0.25) is 0 Å². The molecule has 3 rings (SSSR count). The van der Waals surface area contributed by atoms with Crippen molar-refractivity contribution in [3.05, 3.63) is 58.1 Å². The van der Waals surface area contributed by atoms with Crippen molar-refractivity contribution >= 4 is 0 Å². The van der Waals surface area contributed by atoms with E-state index in [9.17, 15) is 0 Å². The van der Waals surface area contributed by atoms with E-state index in [0.717, 1.165) is 6.42 Å². The number of hydrogen-bond acceptors (Lipinski definition) is 0. The van der Waals surface area contributed by atoms with Gasteiger partial charge in [-0.1, -0.05) is 30.3 Å². The normalized spacial score (nSPS) is 12.4. The van der Waals surface area contributed by atoms with Crippen molar-refractivity contribution in [2.24, 2.45) is 0 Å². The molecule has 16 heavy (non-hydrogen) atoms. The minimum Gasteiger partial charge on any atom is -0.0617 e. The minimum absolute atomic E-state index is 1.11. The standard InChI is InChI=1S/C16H16/c1-10-7-8-14-15(12(10)3)9-13-6-4-5-11(2)16(13)14/h4-8H,9H2,1-3H3. The van der Waals surface area contributed by atoms with Crippen molar-refractivity contribution in [1.82, 2.24) is 0 Å². The van der Waals surface area contributed by atoms with Crippen molar-refractivity contribution in [2.75, 3.05) is 0 Å². The van der Waals surface area contributed by atoms with E-state index in [0.29, 0.717) is 0 Å². The smallest absolute Gasteiger partial charge is 0.00106 e. The molecular formula is C16H16. The summed E-state index contributed by atoms with van der Waals surface area (Å²) < 4.78 is 0. The maximum absolute atomic E-state index is 2.29. The summed E-state index contributed by atoms with van der Waals surface area (Å²) >= 11 is 0. The average molecular weight is 208 g/mol. The van der Waals surface area contributed by atoms with Gasteiger partial charge in [-0.25, -0.2) is 0 Å². The molecule has 0 radical (unpaired) electrons. The van der Waals surface area contributed by atoms with Gasteiger partial charge in [0, 0.05) is 0 Å². The molecule has 0 nitrogen and oxygen atoms in total. The summed E-state index contributed by atoms with van der Waals surface area (Å²) in [5.41, 5.74) is 10.2. The molecule has 0 unspecified atom stereocenters. The molecule has 2 aromatic carbocycles. The van der Waals surface area contributed by atoms with E-state index in [-0.39, 0.29) is 0 Å². The Morgan fingerprint density at radius 3 is 2.50 bits per heavy atom. The van der Waals surface area contributed by atoms with E-state index in [2.05, 4.69) is 51.1 Å². The van der Waals surface area contributed by atoms with E-state index >= 15 is 0 Å². The summed E-state index contributed by atoms with van der Waals surface area (Å²) in [6.07, 6.45) is 1.11.